The first-order valence-corrected chi connectivity index (χ1v) is 5.81. The highest BCUT2D eigenvalue weighted by Gasteiger charge is 2.15. The molecular weight excluding hydrogens is 260 g/mol. The normalized spacial score (nSPS) is 9.95. The lowest BCUT2D eigenvalue weighted by atomic mass is 10.2. The van der Waals surface area contributed by atoms with Crippen LogP contribution in [0.1, 0.15) is 5.56 Å². The minimum atomic E-state index is 0. The standard InChI is InChI=1S/C14H12N4.ClH/c1-11-7-5-6-10-13(11)18-16-14(15-17-18)12-8-3-2-4-9-12;/h2-10H,1H3;1H. The summed E-state index contributed by atoms with van der Waals surface area (Å²) in [7, 11) is 0. The van der Waals surface area contributed by atoms with Crippen LogP contribution in [0.4, 0.5) is 0 Å². The molecule has 0 unspecified atom stereocenters. The SMILES string of the molecule is Cc1ccccc1-[n+]1nnc(-c2ccccc2)[nH]1.[Cl-]. The first-order chi connectivity index (χ1) is 8.84. The Morgan fingerprint density at radius 1 is 0.947 bits per heavy atom. The first kappa shape index (κ1) is 13.2. The smallest absolute Gasteiger partial charge is 0.313 e. The van der Waals surface area contributed by atoms with Crippen molar-refractivity contribution in [2.24, 2.45) is 0 Å². The van der Waals surface area contributed by atoms with Gasteiger partial charge in [0.2, 0.25) is 0 Å². The summed E-state index contributed by atoms with van der Waals surface area (Å²) in [4.78, 5) is 1.69. The van der Waals surface area contributed by atoms with E-state index in [0.717, 1.165) is 22.6 Å². The van der Waals surface area contributed by atoms with Crippen LogP contribution in [-0.2, 0) is 0 Å². The Labute approximate surface area is 117 Å². The fourth-order valence-corrected chi connectivity index (χ4v) is 1.86. The van der Waals surface area contributed by atoms with E-state index < -0.39 is 0 Å². The highest BCUT2D eigenvalue weighted by molar-refractivity contribution is 5.52. The molecule has 1 heterocycles. The molecule has 96 valence electrons. The van der Waals surface area contributed by atoms with Gasteiger partial charge in [-0.15, -0.1) is 0 Å². The van der Waals surface area contributed by atoms with E-state index in [2.05, 4.69) is 15.4 Å². The van der Waals surface area contributed by atoms with Crippen molar-refractivity contribution in [3.8, 4) is 17.1 Å². The van der Waals surface area contributed by atoms with Crippen LogP contribution in [0.5, 0.6) is 0 Å². The van der Waals surface area contributed by atoms with Gasteiger partial charge in [0.25, 0.3) is 0 Å². The number of tetrazole rings is 1. The molecule has 3 rings (SSSR count). The molecule has 0 saturated heterocycles. The highest BCUT2D eigenvalue weighted by Crippen LogP contribution is 2.11. The maximum absolute atomic E-state index is 4.16. The predicted molar refractivity (Wildman–Crippen MR) is 68.1 cm³/mol. The molecule has 1 aromatic heterocycles. The number of aromatic amines is 1. The van der Waals surface area contributed by atoms with Gasteiger partial charge < -0.3 is 12.4 Å². The molecule has 0 aliphatic carbocycles. The zero-order chi connectivity index (χ0) is 12.4. The van der Waals surface area contributed by atoms with Crippen molar-refractivity contribution in [1.82, 2.24) is 15.4 Å². The molecule has 0 fully saturated rings. The van der Waals surface area contributed by atoms with E-state index >= 15 is 0 Å². The summed E-state index contributed by atoms with van der Waals surface area (Å²) in [6, 6.07) is 18.0. The molecule has 1 N–H and O–H groups in total. The lowest BCUT2D eigenvalue weighted by Gasteiger charge is -1.95. The molecule has 19 heavy (non-hydrogen) atoms. The number of hydrogen-bond donors (Lipinski definition) is 1. The van der Waals surface area contributed by atoms with Crippen molar-refractivity contribution >= 4 is 0 Å². The predicted octanol–water partition coefficient (Wildman–Crippen LogP) is -0.939. The third kappa shape index (κ3) is 2.63. The number of rotatable bonds is 2. The van der Waals surface area contributed by atoms with Gasteiger partial charge in [0.05, 0.1) is 5.10 Å². The molecule has 0 bridgehead atoms. The van der Waals surface area contributed by atoms with Gasteiger partial charge in [0.1, 0.15) is 0 Å². The van der Waals surface area contributed by atoms with E-state index in [-0.39, 0.29) is 12.4 Å². The van der Waals surface area contributed by atoms with Crippen LogP contribution < -0.4 is 17.2 Å². The van der Waals surface area contributed by atoms with Crippen LogP contribution in [0.3, 0.4) is 0 Å². The molecule has 4 nitrogen and oxygen atoms in total. The third-order valence-corrected chi connectivity index (χ3v) is 2.84. The second-order valence-corrected chi connectivity index (χ2v) is 4.11. The summed E-state index contributed by atoms with van der Waals surface area (Å²) in [5.74, 6) is 0.763. The average Bonchev–Trinajstić information content (AvgIpc) is 2.90. The van der Waals surface area contributed by atoms with Crippen LogP contribution in [0.2, 0.25) is 0 Å². The van der Waals surface area contributed by atoms with Crippen molar-refractivity contribution in [3.05, 3.63) is 60.2 Å². The Hall–Kier alpha value is -2.20. The van der Waals surface area contributed by atoms with E-state index in [1.54, 1.807) is 4.80 Å². The van der Waals surface area contributed by atoms with Crippen LogP contribution in [-0.4, -0.2) is 15.4 Å². The molecule has 5 heteroatoms. The monoisotopic (exact) mass is 272 g/mol. The number of H-pyrrole nitrogens is 1. The Morgan fingerprint density at radius 2 is 1.63 bits per heavy atom. The van der Waals surface area contributed by atoms with Gasteiger partial charge in [-0.2, -0.15) is 5.10 Å². The zero-order valence-corrected chi connectivity index (χ0v) is 11.2. The molecule has 0 saturated carbocycles. The maximum atomic E-state index is 4.16. The number of benzene rings is 2. The highest BCUT2D eigenvalue weighted by atomic mass is 35.5. The average molecular weight is 273 g/mol. The summed E-state index contributed by atoms with van der Waals surface area (Å²) in [6.45, 7) is 2.05. The Balaban J connectivity index is 0.00000133. The van der Waals surface area contributed by atoms with E-state index in [1.165, 1.54) is 0 Å². The fraction of sp³-hybridized carbons (Fsp3) is 0.0714. The molecule has 0 spiro atoms. The van der Waals surface area contributed by atoms with Crippen molar-refractivity contribution in [2.45, 2.75) is 6.92 Å². The molecule has 3 aromatic rings. The minimum Gasteiger partial charge on any atom is -1.00 e. The maximum Gasteiger partial charge on any atom is 0.313 e. The molecule has 2 aromatic carbocycles. The Bertz CT molecular complexity index is 664. The summed E-state index contributed by atoms with van der Waals surface area (Å²) in [5, 5.41) is 11.5. The van der Waals surface area contributed by atoms with Crippen molar-refractivity contribution in [1.29, 1.82) is 0 Å². The van der Waals surface area contributed by atoms with Gasteiger partial charge in [0, 0.05) is 11.1 Å². The van der Waals surface area contributed by atoms with Crippen molar-refractivity contribution < 1.29 is 17.2 Å². The number of nitrogens with one attached hydrogen (secondary N) is 1. The molecule has 0 atom stereocenters. The van der Waals surface area contributed by atoms with Crippen LogP contribution in [0.25, 0.3) is 17.1 Å². The Morgan fingerprint density at radius 3 is 2.37 bits per heavy atom. The van der Waals surface area contributed by atoms with E-state index in [9.17, 15) is 0 Å². The van der Waals surface area contributed by atoms with E-state index in [1.807, 2.05) is 61.5 Å². The number of hydrogen-bond acceptors (Lipinski definition) is 2. The third-order valence-electron chi connectivity index (χ3n) is 2.84. The van der Waals surface area contributed by atoms with Gasteiger partial charge in [0.15, 0.2) is 10.9 Å². The number of aryl methyl sites for hydroxylation is 1. The van der Waals surface area contributed by atoms with Crippen LogP contribution >= 0.6 is 0 Å². The van der Waals surface area contributed by atoms with E-state index in [4.69, 9.17) is 0 Å². The topological polar surface area (TPSA) is 45.5 Å². The molecule has 0 radical (unpaired) electrons. The first-order valence-electron chi connectivity index (χ1n) is 5.81. The Kier molecular flexibility index (Phi) is 3.92. The number of nitrogens with zero attached hydrogens (tertiary/aromatic N) is 3. The lowest BCUT2D eigenvalue weighted by Crippen LogP contribution is -3.00. The summed E-state index contributed by atoms with van der Waals surface area (Å²) < 4.78 is 0. The van der Waals surface area contributed by atoms with E-state index in [0.29, 0.717) is 0 Å². The second kappa shape index (κ2) is 5.63. The molecule has 0 amide bonds. The largest absolute Gasteiger partial charge is 1.00 e. The number of aromatic nitrogens is 4. The summed E-state index contributed by atoms with van der Waals surface area (Å²) >= 11 is 0. The minimum absolute atomic E-state index is 0. The van der Waals surface area contributed by atoms with Crippen molar-refractivity contribution in [3.63, 3.8) is 0 Å². The van der Waals surface area contributed by atoms with Gasteiger partial charge in [-0.25, -0.2) is 0 Å². The van der Waals surface area contributed by atoms with Gasteiger partial charge in [-0.05, 0) is 29.9 Å². The fourth-order valence-electron chi connectivity index (χ4n) is 1.86. The van der Waals surface area contributed by atoms with Gasteiger partial charge in [-0.1, -0.05) is 36.4 Å². The van der Waals surface area contributed by atoms with Gasteiger partial charge in [-0.3, -0.25) is 0 Å². The van der Waals surface area contributed by atoms with Crippen LogP contribution in [0, 0.1) is 6.92 Å². The molecule has 0 aliphatic heterocycles. The lowest BCUT2D eigenvalue weighted by molar-refractivity contribution is -0.716. The molecule has 0 aliphatic rings. The summed E-state index contributed by atoms with van der Waals surface area (Å²) in [6.07, 6.45) is 0. The van der Waals surface area contributed by atoms with Crippen LogP contribution in [0.15, 0.2) is 54.6 Å². The van der Waals surface area contributed by atoms with Gasteiger partial charge >= 0.3 is 5.82 Å². The number of halogens is 1. The molecular formula is C14H13ClN4. The van der Waals surface area contributed by atoms with Crippen molar-refractivity contribution in [2.75, 3.05) is 0 Å². The second-order valence-electron chi connectivity index (χ2n) is 4.11. The number of para-hydroxylation sites is 1. The summed E-state index contributed by atoms with van der Waals surface area (Å²) in [5.41, 5.74) is 3.18. The quantitative estimate of drug-likeness (QED) is 0.612. The zero-order valence-electron chi connectivity index (χ0n) is 10.4.